The number of nitrogens with zero attached hydrogens (tertiary/aromatic N) is 1. The summed E-state index contributed by atoms with van der Waals surface area (Å²) in [5, 5.41) is 0.992. The molecular weight excluding hydrogens is 296 g/mol. The van der Waals surface area contributed by atoms with E-state index in [0.717, 1.165) is 20.9 Å². The molecule has 3 rings (SSSR count). The van der Waals surface area contributed by atoms with Crippen LogP contribution in [-0.4, -0.2) is 28.7 Å². The van der Waals surface area contributed by atoms with E-state index in [9.17, 15) is 9.59 Å². The van der Waals surface area contributed by atoms with Gasteiger partial charge in [0.05, 0.1) is 5.92 Å². The SMILES string of the molecule is CN1C(=O)CC(c2c[nH]c3ccc(Br)cc23)C1=O. The first-order valence-corrected chi connectivity index (χ1v) is 6.44. The predicted octanol–water partition coefficient (Wildman–Crippen LogP) is 2.40. The quantitative estimate of drug-likeness (QED) is 0.823. The molecule has 92 valence electrons. The number of imide groups is 1. The number of aromatic amines is 1. The fourth-order valence-electron chi connectivity index (χ4n) is 2.40. The summed E-state index contributed by atoms with van der Waals surface area (Å²) < 4.78 is 0.959. The lowest BCUT2D eigenvalue weighted by Crippen LogP contribution is -2.25. The number of benzene rings is 1. The van der Waals surface area contributed by atoms with E-state index in [1.165, 1.54) is 11.9 Å². The molecule has 1 aromatic carbocycles. The van der Waals surface area contributed by atoms with Gasteiger partial charge in [0.1, 0.15) is 0 Å². The first-order chi connectivity index (χ1) is 8.58. The standard InChI is InChI=1S/C13H11BrN2O2/c1-16-12(17)5-9(13(16)18)10-6-15-11-3-2-7(14)4-8(10)11/h2-4,6,9,15H,5H2,1H3. The fourth-order valence-corrected chi connectivity index (χ4v) is 2.76. The number of fused-ring (bicyclic) bond motifs is 1. The zero-order valence-corrected chi connectivity index (χ0v) is 11.3. The maximum atomic E-state index is 12.0. The Labute approximate surface area is 112 Å². The maximum absolute atomic E-state index is 12.0. The average Bonchev–Trinajstić information content (AvgIpc) is 2.86. The van der Waals surface area contributed by atoms with E-state index in [0.29, 0.717) is 0 Å². The number of aromatic nitrogens is 1. The van der Waals surface area contributed by atoms with Crippen LogP contribution in [-0.2, 0) is 9.59 Å². The van der Waals surface area contributed by atoms with Crippen molar-refractivity contribution in [3.63, 3.8) is 0 Å². The van der Waals surface area contributed by atoms with Gasteiger partial charge in [0.2, 0.25) is 11.8 Å². The Balaban J connectivity index is 2.13. The second-order valence-electron chi connectivity index (χ2n) is 4.48. The van der Waals surface area contributed by atoms with Gasteiger partial charge in [0.25, 0.3) is 0 Å². The Kier molecular flexibility index (Phi) is 2.52. The van der Waals surface area contributed by atoms with Gasteiger partial charge in [-0.05, 0) is 23.8 Å². The summed E-state index contributed by atoms with van der Waals surface area (Å²) in [6, 6.07) is 5.86. The van der Waals surface area contributed by atoms with Crippen molar-refractivity contribution in [3.8, 4) is 0 Å². The van der Waals surface area contributed by atoms with Gasteiger partial charge >= 0.3 is 0 Å². The third kappa shape index (κ3) is 1.58. The van der Waals surface area contributed by atoms with Crippen LogP contribution in [0, 0.1) is 0 Å². The molecular formula is C13H11BrN2O2. The Hall–Kier alpha value is -1.62. The molecule has 2 heterocycles. The van der Waals surface area contributed by atoms with Gasteiger partial charge < -0.3 is 4.98 Å². The highest BCUT2D eigenvalue weighted by molar-refractivity contribution is 9.10. The summed E-state index contributed by atoms with van der Waals surface area (Å²) in [5.74, 6) is -0.597. The number of rotatable bonds is 1. The third-order valence-corrected chi connectivity index (χ3v) is 3.93. The van der Waals surface area contributed by atoms with Gasteiger partial charge in [0, 0.05) is 35.0 Å². The topological polar surface area (TPSA) is 53.2 Å². The molecule has 0 aliphatic carbocycles. The van der Waals surface area contributed by atoms with Crippen molar-refractivity contribution in [2.24, 2.45) is 0 Å². The molecule has 1 saturated heterocycles. The van der Waals surface area contributed by atoms with Crippen LogP contribution < -0.4 is 0 Å². The first-order valence-electron chi connectivity index (χ1n) is 5.65. The monoisotopic (exact) mass is 306 g/mol. The van der Waals surface area contributed by atoms with Crippen molar-refractivity contribution >= 4 is 38.6 Å². The largest absolute Gasteiger partial charge is 0.361 e. The fraction of sp³-hybridized carbons (Fsp3) is 0.231. The number of carbonyl (C=O) groups is 2. The number of likely N-dealkylation sites (N-methyl/N-ethyl adjacent to an activating group) is 1. The Morgan fingerprint density at radius 3 is 2.83 bits per heavy atom. The molecule has 1 unspecified atom stereocenters. The smallest absolute Gasteiger partial charge is 0.237 e. The minimum atomic E-state index is -0.356. The average molecular weight is 307 g/mol. The van der Waals surface area contributed by atoms with Crippen LogP contribution in [0.5, 0.6) is 0 Å². The highest BCUT2D eigenvalue weighted by atomic mass is 79.9. The van der Waals surface area contributed by atoms with Crippen molar-refractivity contribution in [1.82, 2.24) is 9.88 Å². The van der Waals surface area contributed by atoms with Crippen LogP contribution in [0.25, 0.3) is 10.9 Å². The van der Waals surface area contributed by atoms with Gasteiger partial charge in [0.15, 0.2) is 0 Å². The molecule has 18 heavy (non-hydrogen) atoms. The summed E-state index contributed by atoms with van der Waals surface area (Å²) in [6.45, 7) is 0. The molecule has 0 bridgehead atoms. The molecule has 0 spiro atoms. The normalized spacial score (nSPS) is 20.1. The second kappa shape index (κ2) is 3.95. The minimum absolute atomic E-state index is 0.116. The molecule has 5 heteroatoms. The van der Waals surface area contributed by atoms with Crippen molar-refractivity contribution in [2.45, 2.75) is 12.3 Å². The van der Waals surface area contributed by atoms with Crippen LogP contribution in [0.3, 0.4) is 0 Å². The molecule has 0 saturated carbocycles. The number of halogens is 1. The Morgan fingerprint density at radius 1 is 1.39 bits per heavy atom. The van der Waals surface area contributed by atoms with Crippen molar-refractivity contribution in [1.29, 1.82) is 0 Å². The predicted molar refractivity (Wildman–Crippen MR) is 71.1 cm³/mol. The molecule has 1 aliphatic heterocycles. The van der Waals surface area contributed by atoms with E-state index in [4.69, 9.17) is 0 Å². The number of carbonyl (C=O) groups excluding carboxylic acids is 2. The van der Waals surface area contributed by atoms with Gasteiger partial charge in [-0.25, -0.2) is 0 Å². The lowest BCUT2D eigenvalue weighted by molar-refractivity contribution is -0.137. The lowest BCUT2D eigenvalue weighted by Gasteiger charge is -2.07. The highest BCUT2D eigenvalue weighted by Gasteiger charge is 2.38. The number of amides is 2. The van der Waals surface area contributed by atoms with E-state index < -0.39 is 0 Å². The van der Waals surface area contributed by atoms with E-state index in [2.05, 4.69) is 20.9 Å². The van der Waals surface area contributed by atoms with Crippen molar-refractivity contribution in [2.75, 3.05) is 7.05 Å². The molecule has 0 radical (unpaired) electrons. The highest BCUT2D eigenvalue weighted by Crippen LogP contribution is 2.34. The first kappa shape index (κ1) is 11.5. The van der Waals surface area contributed by atoms with Crippen LogP contribution in [0.15, 0.2) is 28.9 Å². The number of H-pyrrole nitrogens is 1. The Bertz CT molecular complexity index is 662. The molecule has 1 atom stereocenters. The van der Waals surface area contributed by atoms with Crippen LogP contribution in [0.4, 0.5) is 0 Å². The molecule has 1 N–H and O–H groups in total. The molecule has 1 aromatic heterocycles. The summed E-state index contributed by atoms with van der Waals surface area (Å²) in [6.07, 6.45) is 2.08. The van der Waals surface area contributed by atoms with Crippen molar-refractivity contribution in [3.05, 3.63) is 34.4 Å². The number of likely N-dealkylation sites (tertiary alicyclic amines) is 1. The maximum Gasteiger partial charge on any atom is 0.237 e. The van der Waals surface area contributed by atoms with Crippen molar-refractivity contribution < 1.29 is 9.59 Å². The van der Waals surface area contributed by atoms with Crippen LogP contribution in [0.2, 0.25) is 0 Å². The Morgan fingerprint density at radius 2 is 2.17 bits per heavy atom. The summed E-state index contributed by atoms with van der Waals surface area (Å²) in [4.78, 5) is 28.0. The van der Waals surface area contributed by atoms with E-state index in [-0.39, 0.29) is 24.2 Å². The summed E-state index contributed by atoms with van der Waals surface area (Å²) >= 11 is 3.42. The van der Waals surface area contributed by atoms with Gasteiger partial charge in [-0.2, -0.15) is 0 Å². The number of hydrogen-bond acceptors (Lipinski definition) is 2. The summed E-state index contributed by atoms with van der Waals surface area (Å²) in [5.41, 5.74) is 1.87. The number of hydrogen-bond donors (Lipinski definition) is 1. The van der Waals surface area contributed by atoms with Gasteiger partial charge in [-0.15, -0.1) is 0 Å². The van der Waals surface area contributed by atoms with Gasteiger partial charge in [-0.1, -0.05) is 15.9 Å². The molecule has 1 fully saturated rings. The van der Waals surface area contributed by atoms with Crippen LogP contribution in [0.1, 0.15) is 17.9 Å². The van der Waals surface area contributed by atoms with E-state index >= 15 is 0 Å². The zero-order valence-electron chi connectivity index (χ0n) is 9.74. The lowest BCUT2D eigenvalue weighted by atomic mass is 9.97. The molecule has 2 aromatic rings. The van der Waals surface area contributed by atoms with E-state index in [1.54, 1.807) is 0 Å². The minimum Gasteiger partial charge on any atom is -0.361 e. The van der Waals surface area contributed by atoms with E-state index in [1.807, 2.05) is 24.4 Å². The number of nitrogens with one attached hydrogen (secondary N) is 1. The molecule has 4 nitrogen and oxygen atoms in total. The molecule has 2 amide bonds. The zero-order chi connectivity index (χ0) is 12.9. The van der Waals surface area contributed by atoms with Gasteiger partial charge in [-0.3, -0.25) is 14.5 Å². The summed E-state index contributed by atoms with van der Waals surface area (Å²) in [7, 11) is 1.54. The molecule has 1 aliphatic rings. The second-order valence-corrected chi connectivity index (χ2v) is 5.40. The third-order valence-electron chi connectivity index (χ3n) is 3.43. The van der Waals surface area contributed by atoms with Crippen LogP contribution >= 0.6 is 15.9 Å².